The van der Waals surface area contributed by atoms with Crippen molar-refractivity contribution in [3.63, 3.8) is 0 Å². The second kappa shape index (κ2) is 9.92. The molecule has 3 rings (SSSR count). The number of nitrogens with one attached hydrogen (secondary N) is 1. The highest BCUT2D eigenvalue weighted by molar-refractivity contribution is 6.31. The van der Waals surface area contributed by atoms with Crippen LogP contribution in [0.2, 0.25) is 10.0 Å². The molecule has 1 atom stereocenters. The summed E-state index contributed by atoms with van der Waals surface area (Å²) in [6.45, 7) is 0.469. The standard InChI is InChI=1S/C22H23Cl2N3O2/c1-27(2)19(17-5-3-4-6-18(17)24)13-25-21(28)11-12-22-26-14-20(29-22)15-7-9-16(23)10-8-15/h3-10,14,19H,11-13H2,1-2H3,(H,25,28). The number of halogens is 2. The van der Waals surface area contributed by atoms with Crippen molar-refractivity contribution < 1.29 is 9.21 Å². The third-order valence-electron chi connectivity index (χ3n) is 4.63. The molecule has 0 radical (unpaired) electrons. The molecule has 29 heavy (non-hydrogen) atoms. The number of carbonyl (C=O) groups excluding carboxylic acids is 1. The number of rotatable bonds is 8. The zero-order valence-corrected chi connectivity index (χ0v) is 17.9. The molecule has 0 fully saturated rings. The molecule has 5 nitrogen and oxygen atoms in total. The average molecular weight is 432 g/mol. The van der Waals surface area contributed by atoms with Crippen molar-refractivity contribution in [2.24, 2.45) is 0 Å². The Labute approximate surface area is 180 Å². The van der Waals surface area contributed by atoms with Gasteiger partial charge in [0.2, 0.25) is 5.91 Å². The van der Waals surface area contributed by atoms with Crippen molar-refractivity contribution in [3.8, 4) is 11.3 Å². The number of oxazole rings is 1. The normalized spacial score (nSPS) is 12.2. The van der Waals surface area contributed by atoms with Crippen molar-refractivity contribution >= 4 is 29.1 Å². The smallest absolute Gasteiger partial charge is 0.220 e. The Balaban J connectivity index is 1.53. The molecular formula is C22H23Cl2N3O2. The molecule has 1 N–H and O–H groups in total. The zero-order chi connectivity index (χ0) is 20.8. The van der Waals surface area contributed by atoms with Crippen LogP contribution >= 0.6 is 23.2 Å². The number of amides is 1. The molecule has 0 aliphatic rings. The van der Waals surface area contributed by atoms with Gasteiger partial charge in [-0.1, -0.05) is 41.4 Å². The van der Waals surface area contributed by atoms with Gasteiger partial charge in [-0.2, -0.15) is 0 Å². The maximum atomic E-state index is 12.3. The number of hydrogen-bond donors (Lipinski definition) is 1. The highest BCUT2D eigenvalue weighted by atomic mass is 35.5. The average Bonchev–Trinajstić information content (AvgIpc) is 3.17. The van der Waals surface area contributed by atoms with E-state index in [1.807, 2.05) is 55.4 Å². The fourth-order valence-electron chi connectivity index (χ4n) is 3.01. The largest absolute Gasteiger partial charge is 0.441 e. The third-order valence-corrected chi connectivity index (χ3v) is 5.22. The van der Waals surface area contributed by atoms with Crippen molar-refractivity contribution in [3.05, 3.63) is 76.2 Å². The van der Waals surface area contributed by atoms with E-state index in [1.165, 1.54) is 0 Å². The Morgan fingerprint density at radius 2 is 1.86 bits per heavy atom. The number of benzene rings is 2. The second-order valence-electron chi connectivity index (χ2n) is 6.93. The van der Waals surface area contributed by atoms with Gasteiger partial charge in [-0.3, -0.25) is 4.79 Å². The Hall–Kier alpha value is -2.34. The number of hydrogen-bond acceptors (Lipinski definition) is 4. The van der Waals surface area contributed by atoms with Crippen LogP contribution in [0, 0.1) is 0 Å². The lowest BCUT2D eigenvalue weighted by Crippen LogP contribution is -2.34. The van der Waals surface area contributed by atoms with E-state index in [0.29, 0.717) is 41.1 Å². The summed E-state index contributed by atoms with van der Waals surface area (Å²) in [6.07, 6.45) is 2.39. The van der Waals surface area contributed by atoms with E-state index < -0.39 is 0 Å². The van der Waals surface area contributed by atoms with Crippen LogP contribution in [-0.2, 0) is 11.2 Å². The Morgan fingerprint density at radius 3 is 2.55 bits per heavy atom. The SMILES string of the molecule is CN(C)C(CNC(=O)CCc1ncc(-c2ccc(Cl)cc2)o1)c1ccccc1Cl. The molecular weight excluding hydrogens is 409 g/mol. The zero-order valence-electron chi connectivity index (χ0n) is 16.4. The van der Waals surface area contributed by atoms with Gasteiger partial charge >= 0.3 is 0 Å². The fraction of sp³-hybridized carbons (Fsp3) is 0.273. The number of aromatic nitrogens is 1. The van der Waals surface area contributed by atoms with Gasteiger partial charge in [-0.15, -0.1) is 0 Å². The van der Waals surface area contributed by atoms with E-state index in [2.05, 4.69) is 10.3 Å². The topological polar surface area (TPSA) is 58.4 Å². The van der Waals surface area contributed by atoms with Crippen molar-refractivity contribution in [2.75, 3.05) is 20.6 Å². The number of likely N-dealkylation sites (N-methyl/N-ethyl adjacent to an activating group) is 1. The molecule has 0 spiro atoms. The van der Waals surface area contributed by atoms with E-state index in [4.69, 9.17) is 27.6 Å². The minimum Gasteiger partial charge on any atom is -0.441 e. The summed E-state index contributed by atoms with van der Waals surface area (Å²) >= 11 is 12.2. The van der Waals surface area contributed by atoms with E-state index in [-0.39, 0.29) is 11.9 Å². The van der Waals surface area contributed by atoms with Gasteiger partial charge in [0, 0.05) is 35.0 Å². The maximum absolute atomic E-state index is 12.3. The summed E-state index contributed by atoms with van der Waals surface area (Å²) in [4.78, 5) is 18.6. The van der Waals surface area contributed by atoms with Gasteiger partial charge in [-0.05, 0) is 50.0 Å². The van der Waals surface area contributed by atoms with Crippen molar-refractivity contribution in [1.82, 2.24) is 15.2 Å². The molecule has 7 heteroatoms. The van der Waals surface area contributed by atoms with Crippen LogP contribution in [0.4, 0.5) is 0 Å². The first-order chi connectivity index (χ1) is 13.9. The van der Waals surface area contributed by atoms with E-state index in [9.17, 15) is 4.79 Å². The van der Waals surface area contributed by atoms with E-state index >= 15 is 0 Å². The first kappa shape index (κ1) is 21.4. The van der Waals surface area contributed by atoms with Crippen LogP contribution in [0.25, 0.3) is 11.3 Å². The number of nitrogens with zero attached hydrogens (tertiary/aromatic N) is 2. The van der Waals surface area contributed by atoms with Gasteiger partial charge in [0.05, 0.1) is 12.2 Å². The second-order valence-corrected chi connectivity index (χ2v) is 7.77. The third kappa shape index (κ3) is 5.82. The predicted molar refractivity (Wildman–Crippen MR) is 116 cm³/mol. The Bertz CT molecular complexity index is 955. The molecule has 0 aliphatic heterocycles. The summed E-state index contributed by atoms with van der Waals surface area (Å²) in [5.74, 6) is 1.12. The van der Waals surface area contributed by atoms with Crippen LogP contribution in [-0.4, -0.2) is 36.4 Å². The fourth-order valence-corrected chi connectivity index (χ4v) is 3.40. The Kier molecular flexibility index (Phi) is 7.31. The molecule has 1 unspecified atom stereocenters. The molecule has 1 aromatic heterocycles. The molecule has 0 bridgehead atoms. The molecule has 152 valence electrons. The highest BCUT2D eigenvalue weighted by Gasteiger charge is 2.18. The van der Waals surface area contributed by atoms with E-state index in [0.717, 1.165) is 11.1 Å². The molecule has 1 heterocycles. The van der Waals surface area contributed by atoms with Gasteiger partial charge in [0.25, 0.3) is 0 Å². The molecule has 0 saturated heterocycles. The van der Waals surface area contributed by atoms with Gasteiger partial charge in [-0.25, -0.2) is 4.98 Å². The lowest BCUT2D eigenvalue weighted by molar-refractivity contribution is -0.121. The van der Waals surface area contributed by atoms with Crippen molar-refractivity contribution in [1.29, 1.82) is 0 Å². The predicted octanol–water partition coefficient (Wildman–Crippen LogP) is 5.00. The van der Waals surface area contributed by atoms with Gasteiger partial charge < -0.3 is 14.6 Å². The first-order valence-corrected chi connectivity index (χ1v) is 10.1. The van der Waals surface area contributed by atoms with Crippen LogP contribution < -0.4 is 5.32 Å². The van der Waals surface area contributed by atoms with Gasteiger partial charge in [0.15, 0.2) is 11.7 Å². The number of carbonyl (C=O) groups is 1. The summed E-state index contributed by atoms with van der Waals surface area (Å²) in [6, 6.07) is 15.0. The first-order valence-electron chi connectivity index (χ1n) is 9.32. The summed E-state index contributed by atoms with van der Waals surface area (Å²) in [7, 11) is 3.93. The minimum atomic E-state index is -0.0600. The van der Waals surface area contributed by atoms with Crippen LogP contribution in [0.1, 0.15) is 23.9 Å². The molecule has 3 aromatic rings. The van der Waals surface area contributed by atoms with Crippen molar-refractivity contribution in [2.45, 2.75) is 18.9 Å². The summed E-state index contributed by atoms with van der Waals surface area (Å²) in [5.41, 5.74) is 1.88. The highest BCUT2D eigenvalue weighted by Crippen LogP contribution is 2.25. The summed E-state index contributed by atoms with van der Waals surface area (Å²) < 4.78 is 5.75. The summed E-state index contributed by atoms with van der Waals surface area (Å²) in [5, 5.41) is 4.34. The lowest BCUT2D eigenvalue weighted by Gasteiger charge is -2.26. The monoisotopic (exact) mass is 431 g/mol. The minimum absolute atomic E-state index is 0.00843. The maximum Gasteiger partial charge on any atom is 0.220 e. The molecule has 0 saturated carbocycles. The van der Waals surface area contributed by atoms with Crippen LogP contribution in [0.15, 0.2) is 59.1 Å². The lowest BCUT2D eigenvalue weighted by atomic mass is 10.1. The van der Waals surface area contributed by atoms with Crippen LogP contribution in [0.5, 0.6) is 0 Å². The molecule has 1 amide bonds. The Morgan fingerprint density at radius 1 is 1.14 bits per heavy atom. The number of aryl methyl sites for hydroxylation is 1. The molecule has 2 aromatic carbocycles. The quantitative estimate of drug-likeness (QED) is 0.544. The van der Waals surface area contributed by atoms with Crippen LogP contribution in [0.3, 0.4) is 0 Å². The van der Waals surface area contributed by atoms with E-state index in [1.54, 1.807) is 18.3 Å². The van der Waals surface area contributed by atoms with Gasteiger partial charge in [0.1, 0.15) is 0 Å². The molecule has 0 aliphatic carbocycles.